The van der Waals surface area contributed by atoms with Crippen molar-refractivity contribution in [3.63, 3.8) is 0 Å². The van der Waals surface area contributed by atoms with E-state index in [1.165, 1.54) is 11.8 Å². The molecule has 2 atom stereocenters. The summed E-state index contributed by atoms with van der Waals surface area (Å²) in [6.45, 7) is 4.32. The molecule has 0 saturated carbocycles. The van der Waals surface area contributed by atoms with E-state index in [9.17, 15) is 0 Å². The second-order valence-corrected chi connectivity index (χ2v) is 9.16. The van der Waals surface area contributed by atoms with Crippen molar-refractivity contribution in [3.05, 3.63) is 17.3 Å². The van der Waals surface area contributed by atoms with Gasteiger partial charge in [0.2, 0.25) is 0 Å². The van der Waals surface area contributed by atoms with Gasteiger partial charge in [-0.25, -0.2) is 9.97 Å². The van der Waals surface area contributed by atoms with Crippen LogP contribution in [0.2, 0.25) is 5.02 Å². The molecule has 2 aliphatic heterocycles. The van der Waals surface area contributed by atoms with Gasteiger partial charge in [-0.15, -0.1) is 0 Å². The van der Waals surface area contributed by atoms with Crippen molar-refractivity contribution in [2.45, 2.75) is 41.8 Å². The normalized spacial score (nSPS) is 23.1. The van der Waals surface area contributed by atoms with E-state index >= 15 is 0 Å². The van der Waals surface area contributed by atoms with Crippen molar-refractivity contribution in [3.8, 4) is 5.88 Å². The third kappa shape index (κ3) is 3.73. The minimum atomic E-state index is 0.0238. The molecule has 30 heavy (non-hydrogen) atoms. The van der Waals surface area contributed by atoms with Crippen LogP contribution < -0.4 is 26.8 Å². The number of aromatic nitrogens is 3. The summed E-state index contributed by atoms with van der Waals surface area (Å²) in [6.07, 6.45) is 3.52. The molecule has 2 aromatic heterocycles. The average molecular weight is 452 g/mol. The molecule has 0 aromatic carbocycles. The molecule has 0 radical (unpaired) electrons. The first-order valence-electron chi connectivity index (χ1n) is 9.76. The van der Waals surface area contributed by atoms with Crippen LogP contribution in [0.1, 0.15) is 19.8 Å². The zero-order chi connectivity index (χ0) is 21.5. The second-order valence-electron chi connectivity index (χ2n) is 7.75. The molecule has 9 nitrogen and oxygen atoms in total. The number of nitrogens with two attached hydrogens (primary N) is 3. The van der Waals surface area contributed by atoms with Gasteiger partial charge in [-0.3, -0.25) is 0 Å². The molecule has 2 aromatic rings. The molecule has 2 saturated heterocycles. The highest BCUT2D eigenvalue weighted by Gasteiger charge is 2.47. The van der Waals surface area contributed by atoms with E-state index < -0.39 is 0 Å². The number of nitrogen functional groups attached to an aromatic ring is 2. The van der Waals surface area contributed by atoms with Gasteiger partial charge < -0.3 is 31.6 Å². The number of ether oxygens (including phenoxy) is 2. The summed E-state index contributed by atoms with van der Waals surface area (Å²) >= 11 is 7.52. The van der Waals surface area contributed by atoms with Crippen molar-refractivity contribution in [1.82, 2.24) is 15.0 Å². The van der Waals surface area contributed by atoms with E-state index in [1.54, 1.807) is 19.4 Å². The summed E-state index contributed by atoms with van der Waals surface area (Å²) < 4.78 is 11.3. The fourth-order valence-corrected chi connectivity index (χ4v) is 5.13. The van der Waals surface area contributed by atoms with Crippen LogP contribution >= 0.6 is 23.4 Å². The van der Waals surface area contributed by atoms with Crippen molar-refractivity contribution >= 4 is 40.8 Å². The fourth-order valence-electron chi connectivity index (χ4n) is 4.09. The minimum Gasteiger partial charge on any atom is -0.478 e. The lowest BCUT2D eigenvalue weighted by Crippen LogP contribution is -2.50. The highest BCUT2D eigenvalue weighted by Crippen LogP contribution is 2.44. The Kier molecular flexibility index (Phi) is 5.84. The van der Waals surface area contributed by atoms with Crippen molar-refractivity contribution in [2.75, 3.05) is 43.2 Å². The number of piperidine rings is 1. The van der Waals surface area contributed by atoms with Crippen LogP contribution in [0, 0.1) is 5.41 Å². The zero-order valence-electron chi connectivity index (χ0n) is 17.0. The number of rotatable bonds is 4. The Balaban J connectivity index is 1.55. The molecule has 1 spiro atoms. The summed E-state index contributed by atoms with van der Waals surface area (Å²) in [6, 6.07) is 1.80. The lowest BCUT2D eigenvalue weighted by atomic mass is 9.73. The summed E-state index contributed by atoms with van der Waals surface area (Å²) in [4.78, 5) is 16.0. The summed E-state index contributed by atoms with van der Waals surface area (Å²) in [5.74, 6) is 1.61. The summed E-state index contributed by atoms with van der Waals surface area (Å²) in [5, 5.41) is 0.856. The molecule has 4 heterocycles. The first kappa shape index (κ1) is 21.2. The van der Waals surface area contributed by atoms with Gasteiger partial charge in [0.15, 0.2) is 11.6 Å². The van der Waals surface area contributed by atoms with Crippen molar-refractivity contribution in [1.29, 1.82) is 0 Å². The van der Waals surface area contributed by atoms with Gasteiger partial charge in [0.1, 0.15) is 10.8 Å². The van der Waals surface area contributed by atoms with E-state index in [0.717, 1.165) is 25.9 Å². The van der Waals surface area contributed by atoms with Gasteiger partial charge in [0.05, 0.1) is 24.8 Å². The van der Waals surface area contributed by atoms with Gasteiger partial charge >= 0.3 is 0 Å². The highest BCUT2D eigenvalue weighted by atomic mass is 35.5. The molecular formula is C19H26ClN7O2S. The maximum atomic E-state index is 6.43. The Bertz CT molecular complexity index is 939. The Hall–Kier alpha value is -2.01. The Morgan fingerprint density at radius 3 is 2.63 bits per heavy atom. The fraction of sp³-hybridized carbons (Fsp3) is 0.526. The average Bonchev–Trinajstić information content (AvgIpc) is 3.01. The number of methoxy groups -OCH3 is 1. The van der Waals surface area contributed by atoms with Crippen LogP contribution in [0.15, 0.2) is 22.2 Å². The smallest absolute Gasteiger partial charge is 0.258 e. The summed E-state index contributed by atoms with van der Waals surface area (Å²) in [7, 11) is 1.57. The lowest BCUT2D eigenvalue weighted by molar-refractivity contribution is 0.0973. The third-order valence-corrected chi connectivity index (χ3v) is 7.59. The van der Waals surface area contributed by atoms with Crippen LogP contribution in [0.25, 0.3) is 0 Å². The monoisotopic (exact) mass is 451 g/mol. The molecule has 11 heteroatoms. The molecule has 0 aliphatic carbocycles. The van der Waals surface area contributed by atoms with Gasteiger partial charge in [-0.1, -0.05) is 23.4 Å². The maximum absolute atomic E-state index is 6.43. The van der Waals surface area contributed by atoms with Gasteiger partial charge in [-0.2, -0.15) is 4.98 Å². The number of halogens is 1. The maximum Gasteiger partial charge on any atom is 0.258 e. The molecule has 2 fully saturated rings. The topological polar surface area (TPSA) is 138 Å². The Morgan fingerprint density at radius 2 is 2.00 bits per heavy atom. The molecular weight excluding hydrogens is 426 g/mol. The number of anilines is 3. The van der Waals surface area contributed by atoms with Gasteiger partial charge in [0, 0.05) is 35.6 Å². The third-order valence-electron chi connectivity index (χ3n) is 6.03. The highest BCUT2D eigenvalue weighted by molar-refractivity contribution is 7.99. The van der Waals surface area contributed by atoms with Crippen molar-refractivity contribution < 1.29 is 9.47 Å². The zero-order valence-corrected chi connectivity index (χ0v) is 18.5. The predicted octanol–water partition coefficient (Wildman–Crippen LogP) is 2.18. The Labute approximate surface area is 184 Å². The molecule has 0 amide bonds. The molecule has 2 aliphatic rings. The van der Waals surface area contributed by atoms with E-state index in [-0.39, 0.29) is 23.4 Å². The second kappa shape index (κ2) is 8.26. The first-order chi connectivity index (χ1) is 14.3. The molecule has 0 bridgehead atoms. The Morgan fingerprint density at radius 1 is 1.27 bits per heavy atom. The molecule has 4 rings (SSSR count). The van der Waals surface area contributed by atoms with Crippen molar-refractivity contribution in [2.24, 2.45) is 11.1 Å². The number of hydrogen-bond acceptors (Lipinski definition) is 10. The van der Waals surface area contributed by atoms with Crippen LogP contribution in [0.5, 0.6) is 5.88 Å². The van der Waals surface area contributed by atoms with E-state index in [4.69, 9.17) is 38.3 Å². The number of hydrogen-bond donors (Lipinski definition) is 3. The quantitative estimate of drug-likeness (QED) is 0.633. The number of nitrogens with zero attached hydrogens (tertiary/aromatic N) is 4. The van der Waals surface area contributed by atoms with E-state index in [1.807, 2.05) is 6.92 Å². The standard InChI is InChI=1S/C19H26ClN7O2S/c1-10-13(21)19(9-29-10)4-7-27(8-5-19)16-17(28-2)26-18(15(23)25-16)30-11-3-6-24-14(22)12(11)20/h3,6,10,13H,4-5,7-9,21H2,1-2H3,(H2,22,24)(H2,23,25)/t10-,13+/m0/s1. The van der Waals surface area contributed by atoms with Crippen LogP contribution in [-0.4, -0.2) is 53.9 Å². The molecule has 6 N–H and O–H groups in total. The van der Waals surface area contributed by atoms with Crippen LogP contribution in [-0.2, 0) is 4.74 Å². The molecule has 162 valence electrons. The lowest BCUT2D eigenvalue weighted by Gasteiger charge is -2.41. The molecule has 0 unspecified atom stereocenters. The summed E-state index contributed by atoms with van der Waals surface area (Å²) in [5.41, 5.74) is 18.5. The van der Waals surface area contributed by atoms with Gasteiger partial charge in [0.25, 0.3) is 5.88 Å². The minimum absolute atomic E-state index is 0.0238. The largest absolute Gasteiger partial charge is 0.478 e. The van der Waals surface area contributed by atoms with E-state index in [0.29, 0.717) is 39.1 Å². The van der Waals surface area contributed by atoms with Crippen LogP contribution in [0.4, 0.5) is 17.5 Å². The van der Waals surface area contributed by atoms with Crippen LogP contribution in [0.3, 0.4) is 0 Å². The SMILES string of the molecule is COc1nc(Sc2ccnc(N)c2Cl)c(N)nc1N1CCC2(CC1)CO[C@@H](C)[C@H]2N. The number of pyridine rings is 1. The first-order valence-corrected chi connectivity index (χ1v) is 11.0. The predicted molar refractivity (Wildman–Crippen MR) is 118 cm³/mol. The van der Waals surface area contributed by atoms with E-state index in [2.05, 4.69) is 19.9 Å². The van der Waals surface area contributed by atoms with Gasteiger partial charge in [-0.05, 0) is 25.8 Å².